The van der Waals surface area contributed by atoms with Crippen LogP contribution < -0.4 is 15.5 Å². The van der Waals surface area contributed by atoms with Gasteiger partial charge in [-0.15, -0.1) is 0 Å². The Hall–Kier alpha value is -3.35. The largest absolute Gasteiger partial charge is 0.504 e. The van der Waals surface area contributed by atoms with Gasteiger partial charge in [-0.05, 0) is 31.2 Å². The van der Waals surface area contributed by atoms with Crippen LogP contribution in [0, 0.1) is 6.92 Å². The molecule has 0 radical (unpaired) electrons. The number of nitrogens with one attached hydrogen (secondary N) is 2. The molecule has 130 valence electrons. The fraction of sp³-hybridized carbons (Fsp3) is 0.167. The third kappa shape index (κ3) is 5.07. The summed E-state index contributed by atoms with van der Waals surface area (Å²) in [6.45, 7) is 1.71. The summed E-state index contributed by atoms with van der Waals surface area (Å²) in [7, 11) is 1.44. The highest BCUT2D eigenvalue weighted by molar-refractivity contribution is 5.96. The van der Waals surface area contributed by atoms with Crippen LogP contribution in [-0.4, -0.2) is 36.8 Å². The predicted octanol–water partition coefficient (Wildman–Crippen LogP) is 1.59. The standard InChI is InChI=1S/C18H19N3O4/c1-12-6-8-13(9-7-12)18(24)19-11-16(22)21-20-10-14-4-3-5-15(25-2)17(14)23/h3-10,23H,11H2,1-2H3,(H,19,24)(H,21,22)/b20-10+. The first-order valence-electron chi connectivity index (χ1n) is 7.54. The van der Waals surface area contributed by atoms with Crippen molar-refractivity contribution in [3.05, 3.63) is 59.2 Å². The Labute approximate surface area is 145 Å². The number of aryl methyl sites for hydroxylation is 1. The molecule has 2 rings (SSSR count). The predicted molar refractivity (Wildman–Crippen MR) is 93.9 cm³/mol. The number of nitrogens with zero attached hydrogens (tertiary/aromatic N) is 1. The summed E-state index contributed by atoms with van der Waals surface area (Å²) in [5.74, 6) is -0.597. The van der Waals surface area contributed by atoms with Crippen LogP contribution in [0.15, 0.2) is 47.6 Å². The number of para-hydroxylation sites is 1. The van der Waals surface area contributed by atoms with E-state index >= 15 is 0 Å². The van der Waals surface area contributed by atoms with Gasteiger partial charge in [0.15, 0.2) is 11.5 Å². The SMILES string of the molecule is COc1cccc(/C=N/NC(=O)CNC(=O)c2ccc(C)cc2)c1O. The summed E-state index contributed by atoms with van der Waals surface area (Å²) < 4.78 is 4.98. The fourth-order valence-corrected chi connectivity index (χ4v) is 1.99. The van der Waals surface area contributed by atoms with E-state index in [1.807, 2.05) is 19.1 Å². The molecule has 7 heteroatoms. The molecule has 0 atom stereocenters. The molecule has 0 aromatic heterocycles. The van der Waals surface area contributed by atoms with Gasteiger partial charge in [0.2, 0.25) is 0 Å². The lowest BCUT2D eigenvalue weighted by molar-refractivity contribution is -0.120. The van der Waals surface area contributed by atoms with Crippen LogP contribution in [0.25, 0.3) is 0 Å². The van der Waals surface area contributed by atoms with Gasteiger partial charge >= 0.3 is 0 Å². The molecular weight excluding hydrogens is 322 g/mol. The molecule has 0 aliphatic heterocycles. The van der Waals surface area contributed by atoms with E-state index in [2.05, 4.69) is 15.8 Å². The maximum atomic E-state index is 11.9. The second kappa shape index (κ2) is 8.49. The number of phenols is 1. The molecule has 2 aromatic rings. The zero-order chi connectivity index (χ0) is 18.2. The number of carbonyl (C=O) groups excluding carboxylic acids is 2. The average molecular weight is 341 g/mol. The van der Waals surface area contributed by atoms with E-state index in [-0.39, 0.29) is 18.2 Å². The van der Waals surface area contributed by atoms with Crippen LogP contribution in [-0.2, 0) is 4.79 Å². The quantitative estimate of drug-likeness (QED) is 0.549. The second-order valence-corrected chi connectivity index (χ2v) is 5.24. The third-order valence-corrected chi connectivity index (χ3v) is 3.37. The molecule has 0 spiro atoms. The first-order valence-corrected chi connectivity index (χ1v) is 7.54. The molecule has 0 unspecified atom stereocenters. The third-order valence-electron chi connectivity index (χ3n) is 3.37. The van der Waals surface area contributed by atoms with Crippen LogP contribution in [0.3, 0.4) is 0 Å². The van der Waals surface area contributed by atoms with Crippen molar-refractivity contribution < 1.29 is 19.4 Å². The second-order valence-electron chi connectivity index (χ2n) is 5.24. The highest BCUT2D eigenvalue weighted by Crippen LogP contribution is 2.27. The van der Waals surface area contributed by atoms with E-state index in [0.29, 0.717) is 16.9 Å². The van der Waals surface area contributed by atoms with Crippen molar-refractivity contribution in [2.45, 2.75) is 6.92 Å². The molecule has 0 saturated carbocycles. The van der Waals surface area contributed by atoms with Crippen molar-refractivity contribution in [2.75, 3.05) is 13.7 Å². The first-order chi connectivity index (χ1) is 12.0. The van der Waals surface area contributed by atoms with E-state index in [1.165, 1.54) is 13.3 Å². The van der Waals surface area contributed by atoms with Crippen molar-refractivity contribution in [2.24, 2.45) is 5.10 Å². The number of methoxy groups -OCH3 is 1. The number of hydrogen-bond acceptors (Lipinski definition) is 5. The van der Waals surface area contributed by atoms with Gasteiger partial charge in [-0.1, -0.05) is 23.8 Å². The number of phenolic OH excluding ortho intramolecular Hbond substituents is 1. The molecule has 25 heavy (non-hydrogen) atoms. The minimum atomic E-state index is -0.487. The monoisotopic (exact) mass is 341 g/mol. The maximum Gasteiger partial charge on any atom is 0.259 e. The lowest BCUT2D eigenvalue weighted by atomic mass is 10.1. The summed E-state index contributed by atoms with van der Waals surface area (Å²) in [5.41, 5.74) is 4.19. The van der Waals surface area contributed by atoms with E-state index in [0.717, 1.165) is 5.56 Å². The smallest absolute Gasteiger partial charge is 0.259 e. The van der Waals surface area contributed by atoms with Gasteiger partial charge in [-0.2, -0.15) is 5.10 Å². The van der Waals surface area contributed by atoms with Crippen LogP contribution in [0.4, 0.5) is 0 Å². The van der Waals surface area contributed by atoms with Crippen LogP contribution in [0.5, 0.6) is 11.5 Å². The number of benzene rings is 2. The molecule has 0 fully saturated rings. The molecule has 7 nitrogen and oxygen atoms in total. The molecule has 0 aliphatic rings. The van der Waals surface area contributed by atoms with Gasteiger partial charge in [0, 0.05) is 11.1 Å². The summed E-state index contributed by atoms with van der Waals surface area (Å²) in [6, 6.07) is 11.9. The highest BCUT2D eigenvalue weighted by atomic mass is 16.5. The Kier molecular flexibility index (Phi) is 6.11. The van der Waals surface area contributed by atoms with Crippen molar-refractivity contribution in [1.82, 2.24) is 10.7 Å². The van der Waals surface area contributed by atoms with Gasteiger partial charge in [0.1, 0.15) is 0 Å². The summed E-state index contributed by atoms with van der Waals surface area (Å²) in [4.78, 5) is 23.6. The number of ether oxygens (including phenoxy) is 1. The van der Waals surface area contributed by atoms with E-state index < -0.39 is 5.91 Å². The molecule has 0 saturated heterocycles. The highest BCUT2D eigenvalue weighted by Gasteiger charge is 2.08. The Morgan fingerprint density at radius 2 is 1.92 bits per heavy atom. The van der Waals surface area contributed by atoms with Crippen LogP contribution in [0.2, 0.25) is 0 Å². The zero-order valence-corrected chi connectivity index (χ0v) is 13.9. The Morgan fingerprint density at radius 3 is 2.60 bits per heavy atom. The van der Waals surface area contributed by atoms with E-state index in [9.17, 15) is 14.7 Å². The van der Waals surface area contributed by atoms with Gasteiger partial charge in [0.25, 0.3) is 11.8 Å². The van der Waals surface area contributed by atoms with Gasteiger partial charge in [-0.25, -0.2) is 5.43 Å². The maximum absolute atomic E-state index is 11.9. The first kappa shape index (κ1) is 18.0. The van der Waals surface area contributed by atoms with Gasteiger partial charge in [-0.3, -0.25) is 9.59 Å². The summed E-state index contributed by atoms with van der Waals surface area (Å²) >= 11 is 0. The number of amides is 2. The molecule has 0 heterocycles. The number of carbonyl (C=O) groups is 2. The number of aromatic hydroxyl groups is 1. The van der Waals surface area contributed by atoms with Crippen LogP contribution >= 0.6 is 0 Å². The minimum Gasteiger partial charge on any atom is -0.504 e. The molecular formula is C18H19N3O4. The average Bonchev–Trinajstić information content (AvgIpc) is 2.61. The zero-order valence-electron chi connectivity index (χ0n) is 13.9. The fourth-order valence-electron chi connectivity index (χ4n) is 1.99. The Morgan fingerprint density at radius 1 is 1.20 bits per heavy atom. The normalized spacial score (nSPS) is 10.5. The van der Waals surface area contributed by atoms with Crippen molar-refractivity contribution in [3.63, 3.8) is 0 Å². The minimum absolute atomic E-state index is 0.0735. The van der Waals surface area contributed by atoms with Gasteiger partial charge in [0.05, 0.1) is 19.9 Å². The number of rotatable bonds is 6. The summed E-state index contributed by atoms with van der Waals surface area (Å²) in [5, 5.41) is 16.1. The summed E-state index contributed by atoms with van der Waals surface area (Å²) in [6.07, 6.45) is 1.29. The Bertz CT molecular complexity index is 785. The van der Waals surface area contributed by atoms with E-state index in [4.69, 9.17) is 4.74 Å². The molecule has 2 amide bonds. The lowest BCUT2D eigenvalue weighted by Crippen LogP contribution is -2.34. The van der Waals surface area contributed by atoms with Crippen molar-refractivity contribution in [3.8, 4) is 11.5 Å². The van der Waals surface area contributed by atoms with E-state index in [1.54, 1.807) is 30.3 Å². The van der Waals surface area contributed by atoms with Crippen molar-refractivity contribution >= 4 is 18.0 Å². The Balaban J connectivity index is 1.84. The van der Waals surface area contributed by atoms with Crippen LogP contribution in [0.1, 0.15) is 21.5 Å². The number of hydrogen-bond donors (Lipinski definition) is 3. The topological polar surface area (TPSA) is 100 Å². The molecule has 0 aliphatic carbocycles. The van der Waals surface area contributed by atoms with Crippen molar-refractivity contribution in [1.29, 1.82) is 0 Å². The molecule has 0 bridgehead atoms. The van der Waals surface area contributed by atoms with Gasteiger partial charge < -0.3 is 15.2 Å². The lowest BCUT2D eigenvalue weighted by Gasteiger charge is -2.06. The number of hydrazone groups is 1. The molecule has 3 N–H and O–H groups in total. The molecule has 2 aromatic carbocycles.